The summed E-state index contributed by atoms with van der Waals surface area (Å²) in [4.78, 5) is 14.9. The van der Waals surface area contributed by atoms with E-state index in [-0.39, 0.29) is 11.8 Å². The third kappa shape index (κ3) is 3.61. The van der Waals surface area contributed by atoms with Crippen LogP contribution in [0, 0.1) is 17.8 Å². The first kappa shape index (κ1) is 17.0. The van der Waals surface area contributed by atoms with Gasteiger partial charge < -0.3 is 9.32 Å². The van der Waals surface area contributed by atoms with Crippen molar-refractivity contribution < 1.29 is 9.21 Å². The van der Waals surface area contributed by atoms with Crippen molar-refractivity contribution in [1.29, 1.82) is 0 Å². The maximum Gasteiger partial charge on any atom is 0.223 e. The van der Waals surface area contributed by atoms with Crippen LogP contribution in [0.2, 0.25) is 0 Å². The first-order valence-corrected chi connectivity index (χ1v) is 10.2. The van der Waals surface area contributed by atoms with Crippen molar-refractivity contribution in [1.82, 2.24) is 15.1 Å². The molecule has 2 aliphatic carbocycles. The largest absolute Gasteiger partial charge is 0.425 e. The molecular formula is C20H31N3O2. The van der Waals surface area contributed by atoms with E-state index >= 15 is 0 Å². The maximum absolute atomic E-state index is 12.7. The molecule has 0 N–H and O–H groups in total. The number of likely N-dealkylation sites (tertiary alicyclic amines) is 1. The minimum Gasteiger partial charge on any atom is -0.425 e. The molecule has 1 aromatic heterocycles. The summed E-state index contributed by atoms with van der Waals surface area (Å²) in [5.41, 5.74) is 0. The molecule has 3 aliphatic rings. The Labute approximate surface area is 150 Å². The SMILES string of the molecule is CC(C)c1nnc(CCC(=O)N2CCCC2CC2CC3CCC2C3)o1. The predicted octanol–water partition coefficient (Wildman–Crippen LogP) is 3.94. The van der Waals surface area contributed by atoms with Crippen LogP contribution in [0.25, 0.3) is 0 Å². The summed E-state index contributed by atoms with van der Waals surface area (Å²) in [6.45, 7) is 5.01. The van der Waals surface area contributed by atoms with Gasteiger partial charge in [-0.3, -0.25) is 4.79 Å². The van der Waals surface area contributed by atoms with Crippen molar-refractivity contribution in [3.05, 3.63) is 11.8 Å². The van der Waals surface area contributed by atoms with Crippen molar-refractivity contribution in [3.8, 4) is 0 Å². The predicted molar refractivity (Wildman–Crippen MR) is 95.0 cm³/mol. The van der Waals surface area contributed by atoms with Gasteiger partial charge in [0, 0.05) is 31.3 Å². The molecule has 1 saturated heterocycles. The van der Waals surface area contributed by atoms with E-state index in [1.54, 1.807) is 0 Å². The highest BCUT2D eigenvalue weighted by Crippen LogP contribution is 2.50. The molecular weight excluding hydrogens is 314 g/mol. The summed E-state index contributed by atoms with van der Waals surface area (Å²) in [6.07, 6.45) is 10.4. The summed E-state index contributed by atoms with van der Waals surface area (Å²) >= 11 is 0. The Kier molecular flexibility index (Phi) is 4.83. The number of amides is 1. The number of aromatic nitrogens is 2. The van der Waals surface area contributed by atoms with Crippen LogP contribution in [0.4, 0.5) is 0 Å². The zero-order valence-corrected chi connectivity index (χ0v) is 15.6. The van der Waals surface area contributed by atoms with E-state index in [1.807, 2.05) is 13.8 Å². The minimum atomic E-state index is 0.238. The molecule has 0 spiro atoms. The Balaban J connectivity index is 1.29. The molecule has 5 nitrogen and oxygen atoms in total. The van der Waals surface area contributed by atoms with Gasteiger partial charge in [0.15, 0.2) is 0 Å². The Hall–Kier alpha value is -1.39. The lowest BCUT2D eigenvalue weighted by Gasteiger charge is -2.30. The van der Waals surface area contributed by atoms with Crippen molar-refractivity contribution in [2.24, 2.45) is 17.8 Å². The monoisotopic (exact) mass is 345 g/mol. The van der Waals surface area contributed by atoms with Crippen LogP contribution < -0.4 is 0 Å². The lowest BCUT2D eigenvalue weighted by molar-refractivity contribution is -0.132. The molecule has 4 unspecified atom stereocenters. The van der Waals surface area contributed by atoms with Gasteiger partial charge in [-0.2, -0.15) is 0 Å². The van der Waals surface area contributed by atoms with E-state index in [9.17, 15) is 4.79 Å². The van der Waals surface area contributed by atoms with E-state index in [0.29, 0.717) is 30.7 Å². The number of nitrogens with zero attached hydrogens (tertiary/aromatic N) is 3. The molecule has 0 radical (unpaired) electrons. The normalized spacial score (nSPS) is 31.4. The van der Waals surface area contributed by atoms with E-state index in [2.05, 4.69) is 15.1 Å². The molecule has 25 heavy (non-hydrogen) atoms. The van der Waals surface area contributed by atoms with Crippen molar-refractivity contribution in [3.63, 3.8) is 0 Å². The molecule has 2 bridgehead atoms. The minimum absolute atomic E-state index is 0.238. The second-order valence-corrected chi connectivity index (χ2v) is 8.74. The second kappa shape index (κ2) is 7.08. The summed E-state index contributed by atoms with van der Waals surface area (Å²) in [6, 6.07) is 0.478. The van der Waals surface area contributed by atoms with E-state index in [0.717, 1.165) is 30.7 Å². The number of carbonyl (C=O) groups excluding carboxylic acids is 1. The third-order valence-corrected chi connectivity index (χ3v) is 6.69. The molecule has 5 heteroatoms. The van der Waals surface area contributed by atoms with E-state index < -0.39 is 0 Å². The van der Waals surface area contributed by atoms with Gasteiger partial charge in [0.1, 0.15) is 0 Å². The molecule has 1 aliphatic heterocycles. The number of fused-ring (bicyclic) bond motifs is 2. The molecule has 2 heterocycles. The standard InChI is InChI=1S/C20H31N3O2/c1-13(2)20-22-21-18(25-20)7-8-19(24)23-9-3-4-17(23)12-16-11-14-5-6-15(16)10-14/h13-17H,3-12H2,1-2H3. The molecule has 1 aromatic rings. The zero-order chi connectivity index (χ0) is 17.4. The second-order valence-electron chi connectivity index (χ2n) is 8.74. The molecule has 4 rings (SSSR count). The molecule has 2 saturated carbocycles. The summed E-state index contributed by atoms with van der Waals surface area (Å²) in [5, 5.41) is 8.13. The first-order valence-electron chi connectivity index (χ1n) is 10.2. The quantitative estimate of drug-likeness (QED) is 0.783. The lowest BCUT2D eigenvalue weighted by atomic mass is 9.83. The fraction of sp³-hybridized carbons (Fsp3) is 0.850. The first-order chi connectivity index (χ1) is 12.1. The summed E-state index contributed by atoms with van der Waals surface area (Å²) in [5.74, 6) is 4.60. The third-order valence-electron chi connectivity index (χ3n) is 6.69. The van der Waals surface area contributed by atoms with Gasteiger partial charge in [0.05, 0.1) is 0 Å². The van der Waals surface area contributed by atoms with Crippen LogP contribution in [0.1, 0.15) is 82.9 Å². The Morgan fingerprint density at radius 2 is 2.12 bits per heavy atom. The molecule has 3 fully saturated rings. The van der Waals surface area contributed by atoms with E-state index in [4.69, 9.17) is 4.42 Å². The molecule has 138 valence electrons. The van der Waals surface area contributed by atoms with Crippen LogP contribution in [0.3, 0.4) is 0 Å². The highest BCUT2D eigenvalue weighted by molar-refractivity contribution is 5.77. The molecule has 4 atom stereocenters. The summed E-state index contributed by atoms with van der Waals surface area (Å²) in [7, 11) is 0. The lowest BCUT2D eigenvalue weighted by Crippen LogP contribution is -2.37. The Morgan fingerprint density at radius 3 is 2.80 bits per heavy atom. The number of rotatable bonds is 6. The van der Waals surface area contributed by atoms with Crippen molar-refractivity contribution >= 4 is 5.91 Å². The van der Waals surface area contributed by atoms with Crippen molar-refractivity contribution in [2.75, 3.05) is 6.54 Å². The molecule has 0 aromatic carbocycles. The number of carbonyl (C=O) groups is 1. The number of aryl methyl sites for hydroxylation is 1. The van der Waals surface area contributed by atoms with Gasteiger partial charge in [0.2, 0.25) is 17.7 Å². The van der Waals surface area contributed by atoms with Crippen LogP contribution in [0.15, 0.2) is 4.42 Å². The number of hydrogen-bond donors (Lipinski definition) is 0. The average molecular weight is 345 g/mol. The molecule has 1 amide bonds. The maximum atomic E-state index is 12.7. The highest BCUT2D eigenvalue weighted by Gasteiger charge is 2.42. The van der Waals surface area contributed by atoms with Gasteiger partial charge in [-0.1, -0.05) is 20.3 Å². The van der Waals surface area contributed by atoms with Gasteiger partial charge in [0.25, 0.3) is 0 Å². The topological polar surface area (TPSA) is 59.2 Å². The van der Waals surface area contributed by atoms with Crippen LogP contribution >= 0.6 is 0 Å². The van der Waals surface area contributed by atoms with Gasteiger partial charge in [-0.05, 0) is 56.3 Å². The van der Waals surface area contributed by atoms with Crippen LogP contribution in [-0.2, 0) is 11.2 Å². The summed E-state index contributed by atoms with van der Waals surface area (Å²) < 4.78 is 5.63. The fourth-order valence-electron chi connectivity index (χ4n) is 5.38. The average Bonchev–Trinajstić information content (AvgIpc) is 3.36. The Morgan fingerprint density at radius 1 is 1.24 bits per heavy atom. The van der Waals surface area contributed by atoms with Gasteiger partial charge in [-0.15, -0.1) is 10.2 Å². The van der Waals surface area contributed by atoms with Gasteiger partial charge in [-0.25, -0.2) is 0 Å². The smallest absolute Gasteiger partial charge is 0.223 e. The van der Waals surface area contributed by atoms with Crippen LogP contribution in [-0.4, -0.2) is 33.6 Å². The zero-order valence-electron chi connectivity index (χ0n) is 15.6. The Bertz CT molecular complexity index is 612. The van der Waals surface area contributed by atoms with E-state index in [1.165, 1.54) is 38.5 Å². The van der Waals surface area contributed by atoms with Crippen molar-refractivity contribution in [2.45, 2.75) is 83.6 Å². The fourth-order valence-corrected chi connectivity index (χ4v) is 5.38. The highest BCUT2D eigenvalue weighted by atomic mass is 16.4. The van der Waals surface area contributed by atoms with Gasteiger partial charge >= 0.3 is 0 Å². The van der Waals surface area contributed by atoms with Crippen LogP contribution in [0.5, 0.6) is 0 Å². The number of hydrogen-bond acceptors (Lipinski definition) is 4.